The van der Waals surface area contributed by atoms with E-state index in [-0.39, 0.29) is 28.7 Å². The molecule has 7 heteroatoms. The topological polar surface area (TPSA) is 71.4 Å². The van der Waals surface area contributed by atoms with Crippen molar-refractivity contribution in [2.75, 3.05) is 0 Å². The van der Waals surface area contributed by atoms with E-state index in [0.717, 1.165) is 31.4 Å². The van der Waals surface area contributed by atoms with Crippen LogP contribution in [0.1, 0.15) is 71.7 Å². The van der Waals surface area contributed by atoms with Gasteiger partial charge in [-0.05, 0) is 60.9 Å². The molecule has 1 aliphatic rings. The van der Waals surface area contributed by atoms with Crippen LogP contribution in [0.3, 0.4) is 0 Å². The van der Waals surface area contributed by atoms with E-state index in [9.17, 15) is 32.7 Å². The van der Waals surface area contributed by atoms with Crippen molar-refractivity contribution in [3.8, 4) is 11.1 Å². The number of halogens is 3. The number of carboxylic acid groups (broad SMARTS) is 1. The molecule has 0 radical (unpaired) electrons. The second-order valence-corrected chi connectivity index (χ2v) is 8.54. The van der Waals surface area contributed by atoms with E-state index in [0.29, 0.717) is 25.0 Å². The highest BCUT2D eigenvalue weighted by molar-refractivity contribution is 6.01. The Morgan fingerprint density at radius 2 is 1.81 bits per heavy atom. The van der Waals surface area contributed by atoms with Crippen molar-refractivity contribution in [3.63, 3.8) is 0 Å². The molecule has 1 N–H and O–H groups in total. The van der Waals surface area contributed by atoms with Gasteiger partial charge in [-0.15, -0.1) is 0 Å². The number of carboxylic acids is 1. The van der Waals surface area contributed by atoms with Gasteiger partial charge in [-0.2, -0.15) is 13.2 Å². The first-order valence-corrected chi connectivity index (χ1v) is 10.6. The Hall–Kier alpha value is -2.96. The minimum atomic E-state index is -4.55. The predicted octanol–water partition coefficient (Wildman–Crippen LogP) is 6.43. The summed E-state index contributed by atoms with van der Waals surface area (Å²) in [5.74, 6) is -0.937. The first kappa shape index (κ1) is 23.7. The maximum atomic E-state index is 13.1. The molecule has 0 aliphatic heterocycles. The fraction of sp³-hybridized carbons (Fsp3) is 0.400. The van der Waals surface area contributed by atoms with Crippen LogP contribution in [0.5, 0.6) is 0 Å². The van der Waals surface area contributed by atoms with Crippen LogP contribution < -0.4 is 0 Å². The van der Waals surface area contributed by atoms with Crippen LogP contribution in [-0.2, 0) is 11.0 Å². The molecular weight excluding hydrogens is 421 g/mol. The van der Waals surface area contributed by atoms with Crippen molar-refractivity contribution >= 4 is 18.0 Å². The smallest absolute Gasteiger partial charge is 0.416 e. The summed E-state index contributed by atoms with van der Waals surface area (Å²) in [5.41, 5.74) is -1.30. The second kappa shape index (κ2) is 9.27. The third kappa shape index (κ3) is 4.92. The highest BCUT2D eigenvalue weighted by Gasteiger charge is 2.43. The molecule has 0 atom stereocenters. The van der Waals surface area contributed by atoms with E-state index in [4.69, 9.17) is 0 Å². The molecule has 3 rings (SSSR count). The van der Waals surface area contributed by atoms with Crippen LogP contribution in [-0.4, -0.2) is 23.1 Å². The Morgan fingerprint density at radius 1 is 1.12 bits per heavy atom. The fourth-order valence-electron chi connectivity index (χ4n) is 4.46. The SMILES string of the molecule is CCC1CCC(CC(=O)c2ccc(C=O)c(-c3cccc(C(F)(F)F)c3)c2)(C(=O)O)CC1. The molecule has 0 amide bonds. The quantitative estimate of drug-likeness (QED) is 0.393. The molecule has 2 aromatic rings. The molecule has 2 aromatic carbocycles. The fourth-order valence-corrected chi connectivity index (χ4v) is 4.46. The van der Waals surface area contributed by atoms with Gasteiger partial charge in [-0.3, -0.25) is 14.4 Å². The summed E-state index contributed by atoms with van der Waals surface area (Å²) in [5, 5.41) is 9.86. The molecule has 32 heavy (non-hydrogen) atoms. The van der Waals surface area contributed by atoms with Crippen LogP contribution in [0.15, 0.2) is 42.5 Å². The second-order valence-electron chi connectivity index (χ2n) is 8.54. The number of Topliss-reactive ketones (excluding diaryl/α,β-unsaturated/α-hetero) is 1. The van der Waals surface area contributed by atoms with E-state index < -0.39 is 28.9 Å². The molecule has 170 valence electrons. The number of hydrogen-bond donors (Lipinski definition) is 1. The van der Waals surface area contributed by atoms with Crippen LogP contribution in [0.2, 0.25) is 0 Å². The third-order valence-corrected chi connectivity index (χ3v) is 6.60. The normalized spacial score (nSPS) is 21.2. The summed E-state index contributed by atoms with van der Waals surface area (Å²) in [6, 6.07) is 8.75. The van der Waals surface area contributed by atoms with Crippen LogP contribution >= 0.6 is 0 Å². The molecule has 1 saturated carbocycles. The van der Waals surface area contributed by atoms with Gasteiger partial charge in [-0.25, -0.2) is 0 Å². The maximum Gasteiger partial charge on any atom is 0.416 e. The lowest BCUT2D eigenvalue weighted by Gasteiger charge is -2.36. The van der Waals surface area contributed by atoms with Gasteiger partial charge < -0.3 is 5.11 Å². The Bertz CT molecular complexity index is 1020. The lowest BCUT2D eigenvalue weighted by Crippen LogP contribution is -2.37. The van der Waals surface area contributed by atoms with Crippen molar-refractivity contribution in [2.24, 2.45) is 11.3 Å². The van der Waals surface area contributed by atoms with Gasteiger partial charge in [0.1, 0.15) is 0 Å². The van der Waals surface area contributed by atoms with Gasteiger partial charge in [0.2, 0.25) is 0 Å². The van der Waals surface area contributed by atoms with Crippen molar-refractivity contribution < 1.29 is 32.7 Å². The van der Waals surface area contributed by atoms with E-state index >= 15 is 0 Å². The summed E-state index contributed by atoms with van der Waals surface area (Å²) in [7, 11) is 0. The van der Waals surface area contributed by atoms with Crippen molar-refractivity contribution in [2.45, 2.75) is 51.6 Å². The number of carbonyl (C=O) groups excluding carboxylic acids is 2. The number of rotatable bonds is 7. The molecule has 0 aromatic heterocycles. The first-order chi connectivity index (χ1) is 15.1. The minimum absolute atomic E-state index is 0.150. The maximum absolute atomic E-state index is 13.1. The molecule has 0 heterocycles. The number of hydrogen-bond acceptors (Lipinski definition) is 3. The van der Waals surface area contributed by atoms with Crippen molar-refractivity contribution in [1.29, 1.82) is 0 Å². The number of aldehydes is 1. The number of ketones is 1. The molecule has 0 unspecified atom stereocenters. The number of carbonyl (C=O) groups is 3. The van der Waals surface area contributed by atoms with Gasteiger partial charge in [0, 0.05) is 17.5 Å². The lowest BCUT2D eigenvalue weighted by molar-refractivity contribution is -0.151. The molecule has 0 saturated heterocycles. The highest BCUT2D eigenvalue weighted by atomic mass is 19.4. The van der Waals surface area contributed by atoms with E-state index in [1.807, 2.05) is 0 Å². The van der Waals surface area contributed by atoms with Gasteiger partial charge in [0.05, 0.1) is 11.0 Å². The largest absolute Gasteiger partial charge is 0.481 e. The van der Waals surface area contributed by atoms with Crippen LogP contribution in [0.25, 0.3) is 11.1 Å². The Morgan fingerprint density at radius 3 is 2.38 bits per heavy atom. The predicted molar refractivity (Wildman–Crippen MR) is 114 cm³/mol. The standard InChI is InChI=1S/C25H25F3O4/c1-2-16-8-10-24(11-9-16,23(31)32)14-22(30)18-6-7-19(15-29)21(13-18)17-4-3-5-20(12-17)25(26,27)28/h3-7,12-13,15-16H,2,8-11,14H2,1H3,(H,31,32). The lowest BCUT2D eigenvalue weighted by atomic mass is 9.67. The average molecular weight is 446 g/mol. The summed E-state index contributed by atoms with van der Waals surface area (Å²) in [6.45, 7) is 2.06. The van der Waals surface area contributed by atoms with Crippen molar-refractivity contribution in [1.82, 2.24) is 0 Å². The van der Waals surface area contributed by atoms with E-state index in [2.05, 4.69) is 6.92 Å². The molecule has 4 nitrogen and oxygen atoms in total. The number of alkyl halides is 3. The highest BCUT2D eigenvalue weighted by Crippen LogP contribution is 2.44. The molecule has 0 spiro atoms. The minimum Gasteiger partial charge on any atom is -0.481 e. The monoisotopic (exact) mass is 446 g/mol. The molecule has 1 fully saturated rings. The van der Waals surface area contributed by atoms with Gasteiger partial charge in [0.25, 0.3) is 0 Å². The summed E-state index contributed by atoms with van der Waals surface area (Å²) in [6.07, 6.45) is -0.909. The molecule has 1 aliphatic carbocycles. The van der Waals surface area contributed by atoms with Gasteiger partial charge >= 0.3 is 12.1 Å². The average Bonchev–Trinajstić information content (AvgIpc) is 2.78. The number of benzene rings is 2. The molecular formula is C25H25F3O4. The van der Waals surface area contributed by atoms with Crippen LogP contribution in [0, 0.1) is 11.3 Å². The Kier molecular flexibility index (Phi) is 6.86. The van der Waals surface area contributed by atoms with Crippen molar-refractivity contribution in [3.05, 3.63) is 59.2 Å². The van der Waals surface area contributed by atoms with Gasteiger partial charge in [0.15, 0.2) is 12.1 Å². The zero-order chi connectivity index (χ0) is 23.5. The zero-order valence-electron chi connectivity index (χ0n) is 17.7. The summed E-state index contributed by atoms with van der Waals surface area (Å²) < 4.78 is 39.4. The zero-order valence-corrected chi connectivity index (χ0v) is 17.7. The Balaban J connectivity index is 1.93. The Labute approximate surface area is 184 Å². The third-order valence-electron chi connectivity index (χ3n) is 6.60. The van der Waals surface area contributed by atoms with E-state index in [1.54, 1.807) is 0 Å². The van der Waals surface area contributed by atoms with Crippen LogP contribution in [0.4, 0.5) is 13.2 Å². The molecule has 0 bridgehead atoms. The first-order valence-electron chi connectivity index (χ1n) is 10.6. The summed E-state index contributed by atoms with van der Waals surface area (Å²) >= 11 is 0. The number of aliphatic carboxylic acids is 1. The van der Waals surface area contributed by atoms with E-state index in [1.165, 1.54) is 30.3 Å². The van der Waals surface area contributed by atoms with Gasteiger partial charge in [-0.1, -0.05) is 37.6 Å². The summed E-state index contributed by atoms with van der Waals surface area (Å²) in [4.78, 5) is 36.6.